The Labute approximate surface area is 118 Å². The van der Waals surface area contributed by atoms with Crippen LogP contribution in [0.4, 0.5) is 0 Å². The minimum absolute atomic E-state index is 0.0707. The molecule has 0 aliphatic carbocycles. The molecule has 1 amide bonds. The number of hydrogen-bond acceptors (Lipinski definition) is 3. The molecule has 2 rings (SSSR count). The summed E-state index contributed by atoms with van der Waals surface area (Å²) in [6, 6.07) is 10.7. The van der Waals surface area contributed by atoms with Crippen molar-refractivity contribution in [2.45, 2.75) is 19.8 Å². The Morgan fingerprint density at radius 1 is 1.20 bits per heavy atom. The van der Waals surface area contributed by atoms with Crippen molar-refractivity contribution in [3.63, 3.8) is 0 Å². The molecule has 4 heteroatoms. The predicted octanol–water partition coefficient (Wildman–Crippen LogP) is 3.40. The summed E-state index contributed by atoms with van der Waals surface area (Å²) < 4.78 is 5.67. The Balaban J connectivity index is 2.02. The number of nitrogens with zero attached hydrogens (tertiary/aromatic N) is 1. The summed E-state index contributed by atoms with van der Waals surface area (Å²) in [6.45, 7) is 2.79. The minimum Gasteiger partial charge on any atom is -0.457 e. The Hall–Kier alpha value is -2.36. The van der Waals surface area contributed by atoms with Crippen molar-refractivity contribution in [3.8, 4) is 11.5 Å². The van der Waals surface area contributed by atoms with E-state index in [2.05, 4.69) is 17.2 Å². The lowest BCUT2D eigenvalue weighted by Crippen LogP contribution is -2.24. The smallest absolute Gasteiger partial charge is 0.251 e. The molecule has 104 valence electrons. The quantitative estimate of drug-likeness (QED) is 0.818. The van der Waals surface area contributed by atoms with Gasteiger partial charge in [-0.15, -0.1) is 0 Å². The van der Waals surface area contributed by atoms with Gasteiger partial charge < -0.3 is 10.1 Å². The number of amides is 1. The first-order valence-corrected chi connectivity index (χ1v) is 6.75. The Kier molecular flexibility index (Phi) is 5.12. The van der Waals surface area contributed by atoms with E-state index in [4.69, 9.17) is 4.74 Å². The number of ether oxygens (including phenoxy) is 1. The standard InChI is InChI=1S/C16H18N2O2/c1-2-3-9-18-16(19)13-5-4-6-15(12-13)20-14-7-10-17-11-8-14/h4-8,10-12H,2-3,9H2,1H3,(H,18,19). The number of carbonyl (C=O) groups excluding carboxylic acids is 1. The van der Waals surface area contributed by atoms with Crippen LogP contribution in [0.15, 0.2) is 48.8 Å². The van der Waals surface area contributed by atoms with Crippen LogP contribution >= 0.6 is 0 Å². The summed E-state index contributed by atoms with van der Waals surface area (Å²) in [4.78, 5) is 15.9. The van der Waals surface area contributed by atoms with E-state index in [-0.39, 0.29) is 5.91 Å². The second kappa shape index (κ2) is 7.28. The van der Waals surface area contributed by atoms with Crippen LogP contribution in [-0.2, 0) is 0 Å². The van der Waals surface area contributed by atoms with E-state index in [1.165, 1.54) is 0 Å². The maximum atomic E-state index is 11.9. The van der Waals surface area contributed by atoms with Gasteiger partial charge in [0, 0.05) is 24.5 Å². The van der Waals surface area contributed by atoms with Crippen LogP contribution in [0.5, 0.6) is 11.5 Å². The minimum atomic E-state index is -0.0707. The van der Waals surface area contributed by atoms with Crippen LogP contribution < -0.4 is 10.1 Å². The van der Waals surface area contributed by atoms with E-state index in [1.54, 1.807) is 36.7 Å². The Morgan fingerprint density at radius 3 is 2.75 bits per heavy atom. The fraction of sp³-hybridized carbons (Fsp3) is 0.250. The van der Waals surface area contributed by atoms with Crippen molar-refractivity contribution in [1.29, 1.82) is 0 Å². The van der Waals surface area contributed by atoms with Crippen LogP contribution in [0.2, 0.25) is 0 Å². The zero-order chi connectivity index (χ0) is 14.2. The number of rotatable bonds is 6. The Morgan fingerprint density at radius 2 is 2.00 bits per heavy atom. The summed E-state index contributed by atoms with van der Waals surface area (Å²) in [7, 11) is 0. The van der Waals surface area contributed by atoms with Gasteiger partial charge in [-0.05, 0) is 36.8 Å². The van der Waals surface area contributed by atoms with Crippen molar-refractivity contribution in [1.82, 2.24) is 10.3 Å². The maximum Gasteiger partial charge on any atom is 0.251 e. The molecule has 1 heterocycles. The highest BCUT2D eigenvalue weighted by atomic mass is 16.5. The SMILES string of the molecule is CCCCNC(=O)c1cccc(Oc2ccncc2)c1. The number of carbonyl (C=O) groups is 1. The van der Waals surface area contributed by atoms with Gasteiger partial charge in [0.2, 0.25) is 0 Å². The maximum absolute atomic E-state index is 11.9. The lowest BCUT2D eigenvalue weighted by Gasteiger charge is -2.08. The molecule has 1 N–H and O–H groups in total. The van der Waals surface area contributed by atoms with Crippen molar-refractivity contribution in [2.24, 2.45) is 0 Å². The molecule has 1 aromatic heterocycles. The number of nitrogens with one attached hydrogen (secondary N) is 1. The predicted molar refractivity (Wildman–Crippen MR) is 78.0 cm³/mol. The molecule has 0 saturated heterocycles. The normalized spacial score (nSPS) is 10.1. The first-order chi connectivity index (χ1) is 9.79. The molecule has 0 fully saturated rings. The van der Waals surface area contributed by atoms with E-state index in [0.717, 1.165) is 12.8 Å². The number of hydrogen-bond donors (Lipinski definition) is 1. The van der Waals surface area contributed by atoms with Crippen molar-refractivity contribution in [3.05, 3.63) is 54.4 Å². The van der Waals surface area contributed by atoms with Gasteiger partial charge in [0.05, 0.1) is 0 Å². The van der Waals surface area contributed by atoms with E-state index in [0.29, 0.717) is 23.6 Å². The summed E-state index contributed by atoms with van der Waals surface area (Å²) >= 11 is 0. The van der Waals surface area contributed by atoms with Crippen LogP contribution in [0.1, 0.15) is 30.1 Å². The molecule has 0 unspecified atom stereocenters. The molecule has 0 aliphatic rings. The van der Waals surface area contributed by atoms with E-state index >= 15 is 0 Å². The highest BCUT2D eigenvalue weighted by Gasteiger charge is 2.06. The molecule has 2 aromatic rings. The molecule has 4 nitrogen and oxygen atoms in total. The van der Waals surface area contributed by atoms with Gasteiger partial charge in [0.25, 0.3) is 5.91 Å². The van der Waals surface area contributed by atoms with E-state index < -0.39 is 0 Å². The second-order valence-corrected chi connectivity index (χ2v) is 4.42. The zero-order valence-electron chi connectivity index (χ0n) is 11.5. The third-order valence-electron chi connectivity index (χ3n) is 2.80. The van der Waals surface area contributed by atoms with Gasteiger partial charge in [-0.3, -0.25) is 9.78 Å². The molecule has 0 spiro atoms. The topological polar surface area (TPSA) is 51.2 Å². The fourth-order valence-electron chi connectivity index (χ4n) is 1.72. The summed E-state index contributed by atoms with van der Waals surface area (Å²) in [5.41, 5.74) is 0.604. The molecule has 0 atom stereocenters. The first kappa shape index (κ1) is 14.1. The van der Waals surface area contributed by atoms with Gasteiger partial charge in [-0.25, -0.2) is 0 Å². The van der Waals surface area contributed by atoms with Crippen molar-refractivity contribution >= 4 is 5.91 Å². The highest BCUT2D eigenvalue weighted by molar-refractivity contribution is 5.94. The summed E-state index contributed by atoms with van der Waals surface area (Å²) in [5, 5.41) is 2.89. The van der Waals surface area contributed by atoms with Crippen molar-refractivity contribution in [2.75, 3.05) is 6.54 Å². The molecule has 20 heavy (non-hydrogen) atoms. The zero-order valence-corrected chi connectivity index (χ0v) is 11.5. The molecule has 0 saturated carbocycles. The molecular formula is C16H18N2O2. The molecule has 0 bridgehead atoms. The summed E-state index contributed by atoms with van der Waals surface area (Å²) in [6.07, 6.45) is 5.37. The number of aromatic nitrogens is 1. The van der Waals surface area contributed by atoms with E-state index in [9.17, 15) is 4.79 Å². The van der Waals surface area contributed by atoms with Gasteiger partial charge in [0.1, 0.15) is 11.5 Å². The van der Waals surface area contributed by atoms with Gasteiger partial charge >= 0.3 is 0 Å². The first-order valence-electron chi connectivity index (χ1n) is 6.75. The lowest BCUT2D eigenvalue weighted by molar-refractivity contribution is 0.0953. The Bertz CT molecular complexity index is 555. The van der Waals surface area contributed by atoms with Gasteiger partial charge in [-0.2, -0.15) is 0 Å². The highest BCUT2D eigenvalue weighted by Crippen LogP contribution is 2.21. The third kappa shape index (κ3) is 4.09. The van der Waals surface area contributed by atoms with Crippen molar-refractivity contribution < 1.29 is 9.53 Å². The lowest BCUT2D eigenvalue weighted by atomic mass is 10.2. The number of pyridine rings is 1. The fourth-order valence-corrected chi connectivity index (χ4v) is 1.72. The number of unbranched alkanes of at least 4 members (excludes halogenated alkanes) is 1. The van der Waals surface area contributed by atoms with Crippen LogP contribution in [0.25, 0.3) is 0 Å². The molecule has 0 aliphatic heterocycles. The van der Waals surface area contributed by atoms with Crippen LogP contribution in [0.3, 0.4) is 0 Å². The van der Waals surface area contributed by atoms with Gasteiger partial charge in [-0.1, -0.05) is 19.4 Å². The average molecular weight is 270 g/mol. The van der Waals surface area contributed by atoms with Crippen LogP contribution in [0, 0.1) is 0 Å². The third-order valence-corrected chi connectivity index (χ3v) is 2.80. The van der Waals surface area contributed by atoms with Gasteiger partial charge in [0.15, 0.2) is 0 Å². The molecule has 0 radical (unpaired) electrons. The molecule has 1 aromatic carbocycles. The average Bonchev–Trinajstić information content (AvgIpc) is 2.49. The molecular weight excluding hydrogens is 252 g/mol. The monoisotopic (exact) mass is 270 g/mol. The van der Waals surface area contributed by atoms with E-state index in [1.807, 2.05) is 12.1 Å². The van der Waals surface area contributed by atoms with Crippen LogP contribution in [-0.4, -0.2) is 17.4 Å². The largest absolute Gasteiger partial charge is 0.457 e. The second-order valence-electron chi connectivity index (χ2n) is 4.42. The number of benzene rings is 1. The summed E-state index contributed by atoms with van der Waals surface area (Å²) in [5.74, 6) is 1.27.